The largest absolute Gasteiger partial charge is 0.467 e. The molecule has 0 aromatic rings. The van der Waals surface area contributed by atoms with E-state index in [-0.39, 0.29) is 6.61 Å². The molecule has 0 spiro atoms. The summed E-state index contributed by atoms with van der Waals surface area (Å²) in [6, 6.07) is 0. The van der Waals surface area contributed by atoms with Gasteiger partial charge >= 0.3 is 5.97 Å². The number of hydrogen-bond acceptors (Lipinski definition) is 9. The summed E-state index contributed by atoms with van der Waals surface area (Å²) < 4.78 is 40.8. The Morgan fingerprint density at radius 2 is 1.31 bits per heavy atom. The Labute approximate surface area is 153 Å². The van der Waals surface area contributed by atoms with Crippen LogP contribution in [0.15, 0.2) is 0 Å². The highest BCUT2D eigenvalue weighted by Gasteiger charge is 2.64. The number of carbonyl (C=O) groups excluding carboxylic acids is 1. The van der Waals surface area contributed by atoms with Crippen LogP contribution in [0.3, 0.4) is 0 Å². The Kier molecular flexibility index (Phi) is 5.60. The van der Waals surface area contributed by atoms with Gasteiger partial charge in [0, 0.05) is 6.54 Å². The van der Waals surface area contributed by atoms with Crippen LogP contribution < -0.4 is 5.73 Å². The zero-order valence-electron chi connectivity index (χ0n) is 15.9. The Morgan fingerprint density at radius 1 is 0.885 bits per heavy atom. The van der Waals surface area contributed by atoms with E-state index < -0.39 is 54.2 Å². The summed E-state index contributed by atoms with van der Waals surface area (Å²) in [5.41, 5.74) is 5.61. The number of hydrogen-bond donors (Lipinski definition) is 1. The van der Waals surface area contributed by atoms with Gasteiger partial charge in [0.25, 0.3) is 0 Å². The molecule has 3 rings (SSSR count). The summed E-state index contributed by atoms with van der Waals surface area (Å²) in [5.74, 6) is -2.11. The van der Waals surface area contributed by atoms with E-state index >= 15 is 0 Å². The summed E-state index contributed by atoms with van der Waals surface area (Å²) in [6.07, 6.45) is -2.80. The van der Waals surface area contributed by atoms with Gasteiger partial charge in [-0.05, 0) is 27.7 Å². The minimum Gasteiger partial charge on any atom is -0.467 e. The highest BCUT2D eigenvalue weighted by Crippen LogP contribution is 2.46. The molecule has 2 unspecified atom stereocenters. The van der Waals surface area contributed by atoms with Gasteiger partial charge in [-0.25, -0.2) is 4.79 Å². The molecule has 0 amide bonds. The monoisotopic (exact) mass is 375 g/mol. The number of esters is 1. The first-order valence-corrected chi connectivity index (χ1v) is 8.89. The molecule has 6 atom stereocenters. The van der Waals surface area contributed by atoms with Gasteiger partial charge in [-0.1, -0.05) is 0 Å². The first-order valence-electron chi connectivity index (χ1n) is 8.89. The molecule has 9 heteroatoms. The topological polar surface area (TPSA) is 108 Å². The minimum atomic E-state index is -0.819. The van der Waals surface area contributed by atoms with Crippen molar-refractivity contribution >= 4 is 5.97 Å². The molecule has 2 aliphatic heterocycles. The SMILES string of the molecule is COC(=O)COC1[C@H]2OC(C)(C)O[C@@H]2C(OCCN)[C@@H]2OC(C)(C)O[C@@H]12. The van der Waals surface area contributed by atoms with E-state index in [4.69, 9.17) is 34.2 Å². The maximum atomic E-state index is 11.6. The second-order valence-electron chi connectivity index (χ2n) is 7.61. The second-order valence-corrected chi connectivity index (χ2v) is 7.61. The predicted molar refractivity (Wildman–Crippen MR) is 88.2 cm³/mol. The van der Waals surface area contributed by atoms with Crippen molar-refractivity contribution in [1.82, 2.24) is 0 Å². The Balaban J connectivity index is 1.87. The number of rotatable bonds is 6. The maximum Gasteiger partial charge on any atom is 0.331 e. The van der Waals surface area contributed by atoms with Crippen molar-refractivity contribution in [3.05, 3.63) is 0 Å². The van der Waals surface area contributed by atoms with Gasteiger partial charge < -0.3 is 38.9 Å². The van der Waals surface area contributed by atoms with Gasteiger partial charge in [0.1, 0.15) is 43.2 Å². The van der Waals surface area contributed by atoms with Crippen LogP contribution in [0, 0.1) is 0 Å². The quantitative estimate of drug-likeness (QED) is 0.639. The third kappa shape index (κ3) is 3.89. The van der Waals surface area contributed by atoms with Crippen LogP contribution in [0.25, 0.3) is 0 Å². The summed E-state index contributed by atoms with van der Waals surface area (Å²) in [5, 5.41) is 0. The molecule has 2 heterocycles. The van der Waals surface area contributed by atoms with E-state index in [1.165, 1.54) is 7.11 Å². The summed E-state index contributed by atoms with van der Waals surface area (Å²) in [4.78, 5) is 11.6. The van der Waals surface area contributed by atoms with Crippen LogP contribution in [-0.2, 0) is 38.0 Å². The lowest BCUT2D eigenvalue weighted by Gasteiger charge is -2.42. The highest BCUT2D eigenvalue weighted by atomic mass is 16.8. The van der Waals surface area contributed by atoms with Crippen molar-refractivity contribution in [1.29, 1.82) is 0 Å². The Morgan fingerprint density at radius 3 is 1.69 bits per heavy atom. The fraction of sp³-hybridized carbons (Fsp3) is 0.941. The molecule has 0 aromatic heterocycles. The number of nitrogens with two attached hydrogens (primary N) is 1. The molecule has 2 saturated heterocycles. The first kappa shape index (κ1) is 19.9. The molecule has 0 bridgehead atoms. The van der Waals surface area contributed by atoms with Crippen molar-refractivity contribution in [2.75, 3.05) is 26.9 Å². The molecule has 0 radical (unpaired) electrons. The molecule has 1 aliphatic carbocycles. The third-order valence-electron chi connectivity index (χ3n) is 4.67. The van der Waals surface area contributed by atoms with Gasteiger partial charge in [0.05, 0.1) is 13.7 Å². The first-order chi connectivity index (χ1) is 12.2. The van der Waals surface area contributed by atoms with Gasteiger partial charge in [0.15, 0.2) is 11.6 Å². The van der Waals surface area contributed by atoms with Crippen LogP contribution in [0.1, 0.15) is 27.7 Å². The standard InChI is InChI=1S/C17H29NO8/c1-16(2)23-12-10(21-7-6-18)13-15(26-17(3,4)24-13)11(14(12)25-16)22-8-9(19)20-5/h10-15H,6-8,18H2,1-5H3/t10?,11?,12-,13+,14-,15+. The van der Waals surface area contributed by atoms with Crippen LogP contribution in [0.5, 0.6) is 0 Å². The Bertz CT molecular complexity index is 493. The zero-order chi connectivity index (χ0) is 19.1. The molecular formula is C17H29NO8. The molecule has 150 valence electrons. The normalized spacial score (nSPS) is 40.1. The van der Waals surface area contributed by atoms with Gasteiger partial charge in [-0.3, -0.25) is 0 Å². The van der Waals surface area contributed by atoms with E-state index in [0.29, 0.717) is 13.2 Å². The van der Waals surface area contributed by atoms with E-state index in [1.54, 1.807) is 0 Å². The van der Waals surface area contributed by atoms with Crippen molar-refractivity contribution in [2.45, 2.75) is 75.9 Å². The average molecular weight is 375 g/mol. The fourth-order valence-electron chi connectivity index (χ4n) is 3.83. The van der Waals surface area contributed by atoms with Gasteiger partial charge in [-0.2, -0.15) is 0 Å². The number of ether oxygens (including phenoxy) is 7. The zero-order valence-corrected chi connectivity index (χ0v) is 15.9. The van der Waals surface area contributed by atoms with E-state index in [2.05, 4.69) is 4.74 Å². The predicted octanol–water partition coefficient (Wildman–Crippen LogP) is -0.0577. The average Bonchev–Trinajstić information content (AvgIpc) is 3.04. The number of fused-ring (bicyclic) bond motifs is 2. The maximum absolute atomic E-state index is 11.6. The lowest BCUT2D eigenvalue weighted by atomic mass is 9.84. The summed E-state index contributed by atoms with van der Waals surface area (Å²) in [7, 11) is 1.31. The van der Waals surface area contributed by atoms with Crippen LogP contribution in [0.4, 0.5) is 0 Å². The minimum absolute atomic E-state index is 0.213. The Hall–Kier alpha value is -0.810. The van der Waals surface area contributed by atoms with Crippen LogP contribution in [0.2, 0.25) is 0 Å². The molecular weight excluding hydrogens is 346 g/mol. The lowest BCUT2D eigenvalue weighted by Crippen LogP contribution is -2.63. The molecule has 9 nitrogen and oxygen atoms in total. The van der Waals surface area contributed by atoms with E-state index in [0.717, 1.165) is 0 Å². The lowest BCUT2D eigenvalue weighted by molar-refractivity contribution is -0.192. The molecule has 3 aliphatic rings. The number of methoxy groups -OCH3 is 1. The van der Waals surface area contributed by atoms with Crippen molar-refractivity contribution in [2.24, 2.45) is 5.73 Å². The third-order valence-corrected chi connectivity index (χ3v) is 4.67. The van der Waals surface area contributed by atoms with Crippen molar-refractivity contribution in [3.63, 3.8) is 0 Å². The van der Waals surface area contributed by atoms with Crippen LogP contribution in [-0.4, -0.2) is 81.0 Å². The van der Waals surface area contributed by atoms with E-state index in [9.17, 15) is 4.79 Å². The molecule has 1 saturated carbocycles. The van der Waals surface area contributed by atoms with Crippen molar-refractivity contribution in [3.8, 4) is 0 Å². The second kappa shape index (κ2) is 7.31. The number of carbonyl (C=O) groups is 1. The van der Waals surface area contributed by atoms with Gasteiger partial charge in [0.2, 0.25) is 0 Å². The highest BCUT2D eigenvalue weighted by molar-refractivity contribution is 5.70. The molecule has 0 aromatic carbocycles. The van der Waals surface area contributed by atoms with Crippen LogP contribution >= 0.6 is 0 Å². The molecule has 2 N–H and O–H groups in total. The van der Waals surface area contributed by atoms with E-state index in [1.807, 2.05) is 27.7 Å². The van der Waals surface area contributed by atoms with Crippen molar-refractivity contribution < 1.29 is 38.0 Å². The summed E-state index contributed by atoms with van der Waals surface area (Å²) >= 11 is 0. The van der Waals surface area contributed by atoms with Gasteiger partial charge in [-0.15, -0.1) is 0 Å². The summed E-state index contributed by atoms with van der Waals surface area (Å²) in [6.45, 7) is 7.82. The molecule has 26 heavy (non-hydrogen) atoms. The fourth-order valence-corrected chi connectivity index (χ4v) is 3.83. The molecule has 3 fully saturated rings. The smallest absolute Gasteiger partial charge is 0.331 e.